The zero-order valence-electron chi connectivity index (χ0n) is 10.2. The van der Waals surface area contributed by atoms with E-state index in [4.69, 9.17) is 4.74 Å². The molecule has 2 rings (SSSR count). The minimum absolute atomic E-state index is 0.0775. The average molecular weight is 236 g/mol. The summed E-state index contributed by atoms with van der Waals surface area (Å²) in [6, 6.07) is 4.32. The molecular formula is C14H17FO2. The predicted molar refractivity (Wildman–Crippen MR) is 63.6 cm³/mol. The monoisotopic (exact) mass is 236 g/mol. The third-order valence-corrected chi connectivity index (χ3v) is 3.12. The van der Waals surface area contributed by atoms with Gasteiger partial charge in [-0.3, -0.25) is 4.79 Å². The minimum atomic E-state index is -0.388. The van der Waals surface area contributed by atoms with Crippen molar-refractivity contribution in [3.63, 3.8) is 0 Å². The molecule has 0 heterocycles. The van der Waals surface area contributed by atoms with Crippen LogP contribution in [0.15, 0.2) is 18.2 Å². The highest BCUT2D eigenvalue weighted by Gasteiger charge is 2.37. The van der Waals surface area contributed by atoms with Gasteiger partial charge in [0.1, 0.15) is 11.9 Å². The largest absolute Gasteiger partial charge is 0.370 e. The second kappa shape index (κ2) is 4.96. The first-order valence-corrected chi connectivity index (χ1v) is 6.05. The molecular weight excluding hydrogens is 219 g/mol. The smallest absolute Gasteiger partial charge is 0.192 e. The Labute approximate surface area is 101 Å². The lowest BCUT2D eigenvalue weighted by atomic mass is 9.98. The van der Waals surface area contributed by atoms with Gasteiger partial charge in [-0.25, -0.2) is 4.39 Å². The van der Waals surface area contributed by atoms with E-state index in [1.54, 1.807) is 6.07 Å². The lowest BCUT2D eigenvalue weighted by Gasteiger charge is -2.16. The molecule has 17 heavy (non-hydrogen) atoms. The van der Waals surface area contributed by atoms with E-state index >= 15 is 0 Å². The molecule has 0 bridgehead atoms. The first kappa shape index (κ1) is 12.2. The van der Waals surface area contributed by atoms with Gasteiger partial charge in [-0.2, -0.15) is 0 Å². The number of benzene rings is 1. The molecule has 1 aromatic carbocycles. The maximum Gasteiger partial charge on any atom is 0.192 e. The van der Waals surface area contributed by atoms with Crippen LogP contribution >= 0.6 is 0 Å². The number of aryl methyl sites for hydroxylation is 1. The second-order valence-electron chi connectivity index (χ2n) is 4.54. The Hall–Kier alpha value is -1.22. The van der Waals surface area contributed by atoms with Crippen molar-refractivity contribution in [3.05, 3.63) is 35.1 Å². The molecule has 1 atom stereocenters. The lowest BCUT2D eigenvalue weighted by molar-refractivity contribution is 0.0374. The first-order chi connectivity index (χ1) is 8.13. The minimum Gasteiger partial charge on any atom is -0.370 e. The molecule has 1 aliphatic carbocycles. The average Bonchev–Trinajstić information content (AvgIpc) is 3.12. The summed E-state index contributed by atoms with van der Waals surface area (Å²) in [6.45, 7) is 4.21. The summed E-state index contributed by atoms with van der Waals surface area (Å²) < 4.78 is 18.7. The van der Waals surface area contributed by atoms with E-state index in [0.29, 0.717) is 18.1 Å². The number of Topliss-reactive ketones (excluding diaryl/α,β-unsaturated/α-hetero) is 1. The quantitative estimate of drug-likeness (QED) is 0.734. The van der Waals surface area contributed by atoms with E-state index in [1.807, 2.05) is 13.8 Å². The molecule has 2 nitrogen and oxygen atoms in total. The summed E-state index contributed by atoms with van der Waals surface area (Å²) in [5.41, 5.74) is 1.26. The van der Waals surface area contributed by atoms with Crippen LogP contribution in [-0.4, -0.2) is 18.5 Å². The SMILES string of the molecule is CCOC(C(=O)c1cc(F)ccc1C)C1CC1. The summed E-state index contributed by atoms with van der Waals surface area (Å²) in [7, 11) is 0. The highest BCUT2D eigenvalue weighted by atomic mass is 19.1. The van der Waals surface area contributed by atoms with Crippen molar-refractivity contribution < 1.29 is 13.9 Å². The molecule has 1 aliphatic rings. The third-order valence-electron chi connectivity index (χ3n) is 3.12. The Morgan fingerprint density at radius 3 is 2.82 bits per heavy atom. The van der Waals surface area contributed by atoms with Crippen LogP contribution in [-0.2, 0) is 4.74 Å². The number of rotatable bonds is 5. The van der Waals surface area contributed by atoms with Crippen molar-refractivity contribution in [3.8, 4) is 0 Å². The molecule has 1 aromatic rings. The highest BCUT2D eigenvalue weighted by Crippen LogP contribution is 2.36. The number of hydrogen-bond acceptors (Lipinski definition) is 2. The lowest BCUT2D eigenvalue weighted by Crippen LogP contribution is -2.27. The third kappa shape index (κ3) is 2.72. The van der Waals surface area contributed by atoms with Crippen molar-refractivity contribution in [2.75, 3.05) is 6.61 Å². The van der Waals surface area contributed by atoms with Crippen LogP contribution in [0.2, 0.25) is 0 Å². The molecule has 92 valence electrons. The number of carbonyl (C=O) groups excluding carboxylic acids is 1. The van der Waals surface area contributed by atoms with Crippen molar-refractivity contribution in [1.29, 1.82) is 0 Å². The molecule has 1 unspecified atom stereocenters. The Bertz CT molecular complexity index is 424. The van der Waals surface area contributed by atoms with E-state index in [9.17, 15) is 9.18 Å². The van der Waals surface area contributed by atoms with Gasteiger partial charge in [-0.15, -0.1) is 0 Å². The Morgan fingerprint density at radius 2 is 2.24 bits per heavy atom. The van der Waals surface area contributed by atoms with Crippen LogP contribution in [0.5, 0.6) is 0 Å². The Balaban J connectivity index is 2.24. The molecule has 3 heteroatoms. The van der Waals surface area contributed by atoms with Gasteiger partial charge in [-0.05, 0) is 50.3 Å². The molecule has 0 saturated heterocycles. The van der Waals surface area contributed by atoms with Gasteiger partial charge >= 0.3 is 0 Å². The molecule has 1 fully saturated rings. The van der Waals surface area contributed by atoms with Gasteiger partial charge in [0.05, 0.1) is 0 Å². The van der Waals surface area contributed by atoms with Gasteiger partial charge in [0.15, 0.2) is 5.78 Å². The Morgan fingerprint density at radius 1 is 1.53 bits per heavy atom. The molecule has 0 aromatic heterocycles. The van der Waals surface area contributed by atoms with Crippen LogP contribution < -0.4 is 0 Å². The van der Waals surface area contributed by atoms with Gasteiger partial charge in [-0.1, -0.05) is 6.07 Å². The first-order valence-electron chi connectivity index (χ1n) is 6.05. The molecule has 0 radical (unpaired) electrons. The summed E-state index contributed by atoms with van der Waals surface area (Å²) in [4.78, 5) is 12.3. The fourth-order valence-corrected chi connectivity index (χ4v) is 2.02. The topological polar surface area (TPSA) is 26.3 Å². The summed E-state index contributed by atoms with van der Waals surface area (Å²) >= 11 is 0. The molecule has 0 N–H and O–H groups in total. The van der Waals surface area contributed by atoms with Crippen LogP contribution in [0, 0.1) is 18.7 Å². The van der Waals surface area contributed by atoms with Crippen LogP contribution in [0.1, 0.15) is 35.7 Å². The summed E-state index contributed by atoms with van der Waals surface area (Å²) in [5.74, 6) is -0.124. The van der Waals surface area contributed by atoms with E-state index in [0.717, 1.165) is 18.4 Å². The van der Waals surface area contributed by atoms with Crippen molar-refractivity contribution in [2.45, 2.75) is 32.8 Å². The number of ketones is 1. The maximum atomic E-state index is 13.2. The van der Waals surface area contributed by atoms with Crippen molar-refractivity contribution >= 4 is 5.78 Å². The van der Waals surface area contributed by atoms with E-state index in [1.165, 1.54) is 12.1 Å². The zero-order valence-corrected chi connectivity index (χ0v) is 10.2. The zero-order chi connectivity index (χ0) is 12.4. The second-order valence-corrected chi connectivity index (χ2v) is 4.54. The van der Waals surface area contributed by atoms with E-state index in [2.05, 4.69) is 0 Å². The van der Waals surface area contributed by atoms with Crippen LogP contribution in [0.3, 0.4) is 0 Å². The van der Waals surface area contributed by atoms with Gasteiger partial charge in [0, 0.05) is 12.2 Å². The highest BCUT2D eigenvalue weighted by molar-refractivity contribution is 6.01. The number of hydrogen-bond donors (Lipinski definition) is 0. The van der Waals surface area contributed by atoms with Crippen molar-refractivity contribution in [1.82, 2.24) is 0 Å². The number of halogens is 1. The standard InChI is InChI=1S/C14H17FO2/c1-3-17-14(10-5-6-10)13(16)12-8-11(15)7-4-9(12)2/h4,7-8,10,14H,3,5-6H2,1-2H3. The summed E-state index contributed by atoms with van der Waals surface area (Å²) in [6.07, 6.45) is 1.68. The van der Waals surface area contributed by atoms with Gasteiger partial charge < -0.3 is 4.74 Å². The maximum absolute atomic E-state index is 13.2. The molecule has 0 spiro atoms. The molecule has 0 aliphatic heterocycles. The molecule has 1 saturated carbocycles. The fourth-order valence-electron chi connectivity index (χ4n) is 2.02. The van der Waals surface area contributed by atoms with Gasteiger partial charge in [0.2, 0.25) is 0 Å². The predicted octanol–water partition coefficient (Wildman–Crippen LogP) is 3.13. The normalized spacial score (nSPS) is 16.9. The van der Waals surface area contributed by atoms with E-state index in [-0.39, 0.29) is 17.7 Å². The van der Waals surface area contributed by atoms with Crippen LogP contribution in [0.4, 0.5) is 4.39 Å². The Kier molecular flexibility index (Phi) is 3.57. The number of carbonyl (C=O) groups is 1. The molecule has 0 amide bonds. The summed E-state index contributed by atoms with van der Waals surface area (Å²) in [5, 5.41) is 0. The fraction of sp³-hybridized carbons (Fsp3) is 0.500. The van der Waals surface area contributed by atoms with Crippen LogP contribution in [0.25, 0.3) is 0 Å². The van der Waals surface area contributed by atoms with Gasteiger partial charge in [0.25, 0.3) is 0 Å². The van der Waals surface area contributed by atoms with Crippen molar-refractivity contribution in [2.24, 2.45) is 5.92 Å². The van der Waals surface area contributed by atoms with E-state index < -0.39 is 0 Å². The number of ether oxygens (including phenoxy) is 1.